The second-order valence-electron chi connectivity index (χ2n) is 16.1. The number of hydrogen-bond acceptors (Lipinski definition) is 9. The normalized spacial score (nSPS) is 58.7. The molecular formula is C34H54O8S. The van der Waals surface area contributed by atoms with E-state index in [-0.39, 0.29) is 24.8 Å². The summed E-state index contributed by atoms with van der Waals surface area (Å²) in [5.74, 6) is 4.37. The lowest BCUT2D eigenvalue weighted by Gasteiger charge is -2.60. The Hall–Kier alpha value is 0.0300. The first-order valence-corrected chi connectivity index (χ1v) is 18.7. The summed E-state index contributed by atoms with van der Waals surface area (Å²) in [5.41, 5.74) is -0.937. The fourth-order valence-electron chi connectivity index (χ4n) is 11.1. The lowest BCUT2D eigenvalue weighted by atomic mass is 9.57. The fourth-order valence-corrected chi connectivity index (χ4v) is 12.1. The van der Waals surface area contributed by atoms with Crippen molar-refractivity contribution in [1.82, 2.24) is 0 Å². The van der Waals surface area contributed by atoms with Crippen LogP contribution in [0.3, 0.4) is 0 Å². The van der Waals surface area contributed by atoms with Gasteiger partial charge in [0.1, 0.15) is 0 Å². The second kappa shape index (κ2) is 10.8. The number of fused-ring (bicyclic) bond motifs is 4. The summed E-state index contributed by atoms with van der Waals surface area (Å²) in [6.45, 7) is 13.5. The van der Waals surface area contributed by atoms with Crippen LogP contribution in [-0.2, 0) is 38.5 Å². The highest BCUT2D eigenvalue weighted by atomic mass is 32.2. The number of rotatable bonds is 6. The van der Waals surface area contributed by atoms with Gasteiger partial charge in [0.25, 0.3) is 0 Å². The molecule has 8 aliphatic heterocycles. The molecule has 2 spiro atoms. The van der Waals surface area contributed by atoms with Crippen LogP contribution >= 0.6 is 11.8 Å². The van der Waals surface area contributed by atoms with E-state index in [1.54, 1.807) is 0 Å². The summed E-state index contributed by atoms with van der Waals surface area (Å²) in [4.78, 5) is 24.7. The molecule has 43 heavy (non-hydrogen) atoms. The van der Waals surface area contributed by atoms with Crippen molar-refractivity contribution in [2.75, 3.05) is 11.5 Å². The molecule has 9 heteroatoms. The highest BCUT2D eigenvalue weighted by Gasteiger charge is 2.70. The van der Waals surface area contributed by atoms with Gasteiger partial charge in [0.05, 0.1) is 12.2 Å². The van der Waals surface area contributed by atoms with Crippen molar-refractivity contribution in [3.63, 3.8) is 0 Å². The Labute approximate surface area is 262 Å². The molecule has 0 amide bonds. The molecule has 8 saturated heterocycles. The van der Waals surface area contributed by atoms with Gasteiger partial charge in [-0.2, -0.15) is 11.8 Å². The molecule has 0 radical (unpaired) electrons. The monoisotopic (exact) mass is 622 g/mol. The van der Waals surface area contributed by atoms with Gasteiger partial charge in [-0.3, -0.25) is 0 Å². The molecule has 0 aromatic carbocycles. The third-order valence-corrected chi connectivity index (χ3v) is 14.7. The zero-order chi connectivity index (χ0) is 29.8. The van der Waals surface area contributed by atoms with Crippen LogP contribution in [0.1, 0.15) is 106 Å². The van der Waals surface area contributed by atoms with Crippen LogP contribution in [0.15, 0.2) is 0 Å². The highest BCUT2D eigenvalue weighted by Crippen LogP contribution is 2.62. The van der Waals surface area contributed by atoms with Gasteiger partial charge in [-0.1, -0.05) is 27.7 Å². The number of ether oxygens (including phenoxy) is 4. The van der Waals surface area contributed by atoms with E-state index in [4.69, 9.17) is 38.5 Å². The molecule has 4 bridgehead atoms. The topological polar surface area (TPSA) is 73.8 Å². The molecule has 10 rings (SSSR count). The molecule has 8 nitrogen and oxygen atoms in total. The van der Waals surface area contributed by atoms with Crippen molar-refractivity contribution in [3.8, 4) is 0 Å². The molecule has 0 aromatic rings. The van der Waals surface area contributed by atoms with Gasteiger partial charge in [0.2, 0.25) is 11.6 Å². The first kappa shape index (κ1) is 30.4. The van der Waals surface area contributed by atoms with Crippen LogP contribution in [0, 0.1) is 47.3 Å². The Morgan fingerprint density at radius 3 is 1.44 bits per heavy atom. The van der Waals surface area contributed by atoms with Gasteiger partial charge in [-0.15, -0.1) is 0 Å². The minimum atomic E-state index is -0.710. The van der Waals surface area contributed by atoms with E-state index in [2.05, 4.69) is 27.7 Å². The van der Waals surface area contributed by atoms with Crippen molar-refractivity contribution in [1.29, 1.82) is 0 Å². The van der Waals surface area contributed by atoms with E-state index >= 15 is 0 Å². The van der Waals surface area contributed by atoms with Crippen molar-refractivity contribution < 1.29 is 38.5 Å². The maximum atomic E-state index is 6.83. The number of thioether (sulfide) groups is 1. The minimum Gasteiger partial charge on any atom is -0.346 e. The molecule has 0 aromatic heterocycles. The summed E-state index contributed by atoms with van der Waals surface area (Å²) >= 11 is 2.03. The van der Waals surface area contributed by atoms with Gasteiger partial charge >= 0.3 is 0 Å². The van der Waals surface area contributed by atoms with Crippen molar-refractivity contribution in [3.05, 3.63) is 0 Å². The molecule has 10 fully saturated rings. The Morgan fingerprint density at radius 1 is 0.558 bits per heavy atom. The predicted molar refractivity (Wildman–Crippen MR) is 160 cm³/mol. The standard InChI is InChI=1S/C34H54O8S/c1-19-7-9-25-21(3)27(35-29-33(25)23(19)11-15-31(5,37-29)39-41-33)13-17-43-18-14-28-22(4)26-10-8-20(2)24-12-16-32(6)38-30(36-28)34(24,26)42-40-32/h19-30H,7-18H2,1-6H3/t19-,20+,21-,22+,23+,24-,25+,26-,27?,28?,29+,30-,31-,32+,33-,34+. The van der Waals surface area contributed by atoms with E-state index < -0.39 is 22.8 Å². The first-order chi connectivity index (χ1) is 20.6. The fraction of sp³-hybridized carbons (Fsp3) is 1.00. The van der Waals surface area contributed by atoms with Crippen LogP contribution in [0.25, 0.3) is 0 Å². The Bertz CT molecular complexity index is 983. The molecule has 10 aliphatic rings. The Morgan fingerprint density at radius 2 is 1.00 bits per heavy atom. The van der Waals surface area contributed by atoms with Crippen molar-refractivity contribution in [2.45, 2.75) is 153 Å². The van der Waals surface area contributed by atoms with Crippen LogP contribution in [0.2, 0.25) is 0 Å². The van der Waals surface area contributed by atoms with Crippen LogP contribution in [-0.4, -0.2) is 59.1 Å². The second-order valence-corrected chi connectivity index (χ2v) is 17.3. The van der Waals surface area contributed by atoms with Crippen LogP contribution < -0.4 is 0 Å². The van der Waals surface area contributed by atoms with Gasteiger partial charge in [0.15, 0.2) is 23.8 Å². The third kappa shape index (κ3) is 4.52. The largest absolute Gasteiger partial charge is 0.346 e. The molecule has 2 aliphatic carbocycles. The van der Waals surface area contributed by atoms with Crippen LogP contribution in [0.4, 0.5) is 0 Å². The highest BCUT2D eigenvalue weighted by molar-refractivity contribution is 7.99. The maximum absolute atomic E-state index is 6.83. The predicted octanol–water partition coefficient (Wildman–Crippen LogP) is 7.00. The molecule has 8 heterocycles. The molecule has 244 valence electrons. The smallest absolute Gasteiger partial charge is 0.201 e. The van der Waals surface area contributed by atoms with Gasteiger partial charge in [0, 0.05) is 24.7 Å². The van der Waals surface area contributed by atoms with E-state index in [0.717, 1.165) is 62.9 Å². The molecule has 2 unspecified atom stereocenters. The summed E-state index contributed by atoms with van der Waals surface area (Å²) in [7, 11) is 0. The molecule has 2 saturated carbocycles. The maximum Gasteiger partial charge on any atom is 0.201 e. The lowest BCUT2D eigenvalue weighted by Crippen LogP contribution is -2.70. The molecule has 16 atom stereocenters. The van der Waals surface area contributed by atoms with Crippen molar-refractivity contribution in [2.24, 2.45) is 47.3 Å². The van der Waals surface area contributed by atoms with E-state index in [1.165, 1.54) is 12.8 Å². The van der Waals surface area contributed by atoms with Gasteiger partial charge in [-0.05, 0) is 112 Å². The molecular weight excluding hydrogens is 568 g/mol. The summed E-state index contributed by atoms with van der Waals surface area (Å²) in [6.07, 6.45) is 10.4. The minimum absolute atomic E-state index is 0.174. The first-order valence-electron chi connectivity index (χ1n) is 17.6. The summed E-state index contributed by atoms with van der Waals surface area (Å²) in [6, 6.07) is 0. The van der Waals surface area contributed by atoms with Crippen molar-refractivity contribution >= 4 is 11.8 Å². The van der Waals surface area contributed by atoms with E-state index in [0.29, 0.717) is 47.3 Å². The zero-order valence-corrected chi connectivity index (χ0v) is 27.9. The van der Waals surface area contributed by atoms with E-state index in [1.807, 2.05) is 25.6 Å². The van der Waals surface area contributed by atoms with Gasteiger partial charge in [-0.25, -0.2) is 19.6 Å². The average Bonchev–Trinajstić information content (AvgIpc) is 3.35. The third-order valence-electron chi connectivity index (χ3n) is 13.7. The Kier molecular flexibility index (Phi) is 7.61. The van der Waals surface area contributed by atoms with E-state index in [9.17, 15) is 0 Å². The summed E-state index contributed by atoms with van der Waals surface area (Å²) in [5, 5.41) is 0. The zero-order valence-electron chi connectivity index (χ0n) is 27.1. The van der Waals surface area contributed by atoms with Gasteiger partial charge < -0.3 is 18.9 Å². The molecule has 0 N–H and O–H groups in total. The SMILES string of the molecule is C[C@@H]1CC[C@H]2[C@@H](C)C(CCSCCC3O[C@@H]4O[C@]5(C)CC[C@@H]6[C@@H](C)CC[C@H]([C@@H]3C)[C@]46OO5)O[C@H]3O[C@@]4(C)CC[C@@H]1[C@]32OO4. The average molecular weight is 623 g/mol. The summed E-state index contributed by atoms with van der Waals surface area (Å²) < 4.78 is 26.8. The number of hydrogen-bond donors (Lipinski definition) is 0. The Balaban J connectivity index is 0.894. The lowest BCUT2D eigenvalue weighted by molar-refractivity contribution is -0.571. The quantitative estimate of drug-likeness (QED) is 0.230. The van der Waals surface area contributed by atoms with Crippen LogP contribution in [0.5, 0.6) is 0 Å².